The van der Waals surface area contributed by atoms with Gasteiger partial charge in [-0.1, -0.05) is 78.9 Å². The van der Waals surface area contributed by atoms with Crippen LogP contribution in [0.4, 0.5) is 0 Å². The number of hydrogen-bond acceptors (Lipinski definition) is 1. The van der Waals surface area contributed by atoms with Gasteiger partial charge in [0.05, 0.1) is 6.10 Å². The zero-order valence-corrected chi connectivity index (χ0v) is 18.2. The Hall–Kier alpha value is -0.980. The molecule has 1 atom stereocenters. The van der Waals surface area contributed by atoms with Crippen LogP contribution >= 0.6 is 0 Å². The van der Waals surface area contributed by atoms with Gasteiger partial charge in [0, 0.05) is 0 Å². The van der Waals surface area contributed by atoms with Crippen molar-refractivity contribution in [3.05, 3.63) is 29.3 Å². The minimum absolute atomic E-state index is 0.120. The molecule has 1 aromatic carbocycles. The van der Waals surface area contributed by atoms with E-state index < -0.39 is 0 Å². The maximum absolute atomic E-state index is 6.41. The minimum Gasteiger partial charge on any atom is -0.490 e. The van der Waals surface area contributed by atoms with Gasteiger partial charge >= 0.3 is 0 Å². The van der Waals surface area contributed by atoms with E-state index in [-0.39, 0.29) is 5.41 Å². The van der Waals surface area contributed by atoms with Gasteiger partial charge < -0.3 is 4.74 Å². The molecule has 2 rings (SSSR count). The Balaban J connectivity index is 2.08. The molecular formula is C25H42O. The molecule has 1 fully saturated rings. The van der Waals surface area contributed by atoms with Crippen LogP contribution in [-0.4, -0.2) is 6.10 Å². The Kier molecular flexibility index (Phi) is 8.05. The van der Waals surface area contributed by atoms with Crippen LogP contribution in [0.2, 0.25) is 0 Å². The van der Waals surface area contributed by atoms with Crippen LogP contribution in [0.5, 0.6) is 5.75 Å². The van der Waals surface area contributed by atoms with Gasteiger partial charge in [-0.25, -0.2) is 0 Å². The summed E-state index contributed by atoms with van der Waals surface area (Å²) in [5.41, 5.74) is 3.04. The average molecular weight is 359 g/mol. The molecular weight excluding hydrogens is 316 g/mol. The van der Waals surface area contributed by atoms with Crippen molar-refractivity contribution < 1.29 is 4.74 Å². The van der Waals surface area contributed by atoms with Crippen LogP contribution in [-0.2, 0) is 5.41 Å². The zero-order chi connectivity index (χ0) is 19.2. The molecule has 148 valence electrons. The van der Waals surface area contributed by atoms with Crippen molar-refractivity contribution in [1.82, 2.24) is 0 Å². The molecule has 0 aliphatic heterocycles. The standard InChI is InChI=1S/C25H42O/c1-7-8-9-10-11-20(3)26-24-17-16-22(18-23(24)25(4,5)6)21-14-12-19(2)13-15-21/h16-21H,7-15H2,1-6H3. The van der Waals surface area contributed by atoms with Crippen LogP contribution in [0.25, 0.3) is 0 Å². The number of ether oxygens (including phenoxy) is 1. The third kappa shape index (κ3) is 6.32. The summed E-state index contributed by atoms with van der Waals surface area (Å²) in [5.74, 6) is 2.76. The second-order valence-electron chi connectivity index (χ2n) is 9.74. The summed E-state index contributed by atoms with van der Waals surface area (Å²) in [4.78, 5) is 0. The Labute approximate surface area is 162 Å². The average Bonchev–Trinajstić information content (AvgIpc) is 2.59. The third-order valence-corrected chi connectivity index (χ3v) is 6.09. The smallest absolute Gasteiger partial charge is 0.123 e. The van der Waals surface area contributed by atoms with Gasteiger partial charge in [0.2, 0.25) is 0 Å². The summed E-state index contributed by atoms with van der Waals surface area (Å²) in [6.07, 6.45) is 12.1. The minimum atomic E-state index is 0.120. The summed E-state index contributed by atoms with van der Waals surface area (Å²) in [7, 11) is 0. The highest BCUT2D eigenvalue weighted by molar-refractivity contribution is 5.43. The largest absolute Gasteiger partial charge is 0.490 e. The van der Waals surface area contributed by atoms with E-state index in [1.807, 2.05) is 0 Å². The Morgan fingerprint density at radius 2 is 1.73 bits per heavy atom. The molecule has 0 bridgehead atoms. The highest BCUT2D eigenvalue weighted by Gasteiger charge is 2.24. The second-order valence-corrected chi connectivity index (χ2v) is 9.74. The van der Waals surface area contributed by atoms with Crippen LogP contribution in [0.15, 0.2) is 18.2 Å². The van der Waals surface area contributed by atoms with E-state index in [9.17, 15) is 0 Å². The summed E-state index contributed by atoms with van der Waals surface area (Å²) >= 11 is 0. The quantitative estimate of drug-likeness (QED) is 0.427. The number of benzene rings is 1. The van der Waals surface area contributed by atoms with Crippen LogP contribution < -0.4 is 4.74 Å². The van der Waals surface area contributed by atoms with Crippen molar-refractivity contribution in [3.63, 3.8) is 0 Å². The molecule has 0 heterocycles. The molecule has 0 N–H and O–H groups in total. The molecule has 1 aliphatic carbocycles. The summed E-state index contributed by atoms with van der Waals surface area (Å²) in [5, 5.41) is 0. The van der Waals surface area contributed by atoms with Crippen LogP contribution in [0, 0.1) is 5.92 Å². The molecule has 0 amide bonds. The van der Waals surface area contributed by atoms with E-state index in [1.165, 1.54) is 62.5 Å². The molecule has 1 heteroatoms. The zero-order valence-electron chi connectivity index (χ0n) is 18.2. The van der Waals surface area contributed by atoms with Crippen LogP contribution in [0.3, 0.4) is 0 Å². The van der Waals surface area contributed by atoms with E-state index in [1.54, 1.807) is 0 Å². The fourth-order valence-corrected chi connectivity index (χ4v) is 4.22. The predicted octanol–water partition coefficient (Wildman–Crippen LogP) is 8.02. The van der Waals surface area contributed by atoms with Gasteiger partial charge in [0.25, 0.3) is 0 Å². The van der Waals surface area contributed by atoms with E-state index in [0.717, 1.165) is 24.0 Å². The van der Waals surface area contributed by atoms with E-state index in [4.69, 9.17) is 4.74 Å². The first kappa shape index (κ1) is 21.3. The predicted molar refractivity (Wildman–Crippen MR) is 114 cm³/mol. The van der Waals surface area contributed by atoms with E-state index in [2.05, 4.69) is 59.7 Å². The van der Waals surface area contributed by atoms with Crippen LogP contribution in [0.1, 0.15) is 116 Å². The SMILES string of the molecule is CCCCCCC(C)Oc1ccc(C2CCC(C)CC2)cc1C(C)(C)C. The maximum atomic E-state index is 6.41. The lowest BCUT2D eigenvalue weighted by atomic mass is 9.77. The van der Waals surface area contributed by atoms with Crippen molar-refractivity contribution in [2.45, 2.75) is 117 Å². The van der Waals surface area contributed by atoms with Crippen molar-refractivity contribution in [2.75, 3.05) is 0 Å². The summed E-state index contributed by atoms with van der Waals surface area (Å²) in [6.45, 7) is 13.8. The van der Waals surface area contributed by atoms with Gasteiger partial charge in [-0.2, -0.15) is 0 Å². The molecule has 1 nitrogen and oxygen atoms in total. The highest BCUT2D eigenvalue weighted by atomic mass is 16.5. The first-order chi connectivity index (χ1) is 12.3. The van der Waals surface area contributed by atoms with Gasteiger partial charge in [0.15, 0.2) is 0 Å². The second kappa shape index (κ2) is 9.81. The van der Waals surface area contributed by atoms with Crippen molar-refractivity contribution in [1.29, 1.82) is 0 Å². The fraction of sp³-hybridized carbons (Fsp3) is 0.760. The highest BCUT2D eigenvalue weighted by Crippen LogP contribution is 2.40. The lowest BCUT2D eigenvalue weighted by Gasteiger charge is -2.30. The third-order valence-electron chi connectivity index (χ3n) is 6.09. The van der Waals surface area contributed by atoms with Gasteiger partial charge in [0.1, 0.15) is 5.75 Å². The van der Waals surface area contributed by atoms with Gasteiger partial charge in [-0.05, 0) is 67.1 Å². The Morgan fingerprint density at radius 1 is 1.04 bits per heavy atom. The number of unbranched alkanes of at least 4 members (excludes halogenated alkanes) is 3. The molecule has 0 aromatic heterocycles. The van der Waals surface area contributed by atoms with E-state index >= 15 is 0 Å². The number of rotatable bonds is 8. The monoisotopic (exact) mass is 358 g/mol. The van der Waals surface area contributed by atoms with Crippen molar-refractivity contribution >= 4 is 0 Å². The molecule has 1 aromatic rings. The van der Waals surface area contributed by atoms with E-state index in [0.29, 0.717) is 6.10 Å². The van der Waals surface area contributed by atoms with Crippen molar-refractivity contribution in [2.24, 2.45) is 5.92 Å². The Bertz CT molecular complexity index is 532. The molecule has 0 spiro atoms. The molecule has 26 heavy (non-hydrogen) atoms. The van der Waals surface area contributed by atoms with Crippen molar-refractivity contribution in [3.8, 4) is 5.75 Å². The lowest BCUT2D eigenvalue weighted by Crippen LogP contribution is -2.19. The van der Waals surface area contributed by atoms with Gasteiger partial charge in [-0.15, -0.1) is 0 Å². The van der Waals surface area contributed by atoms with Gasteiger partial charge in [-0.3, -0.25) is 0 Å². The fourth-order valence-electron chi connectivity index (χ4n) is 4.22. The Morgan fingerprint density at radius 3 is 2.35 bits per heavy atom. The molecule has 0 saturated heterocycles. The molecule has 0 radical (unpaired) electrons. The maximum Gasteiger partial charge on any atom is 0.123 e. The number of hydrogen-bond donors (Lipinski definition) is 0. The normalized spacial score (nSPS) is 22.2. The topological polar surface area (TPSA) is 9.23 Å². The molecule has 1 unspecified atom stereocenters. The summed E-state index contributed by atoms with van der Waals surface area (Å²) < 4.78 is 6.41. The molecule has 1 saturated carbocycles. The molecule has 1 aliphatic rings. The lowest BCUT2D eigenvalue weighted by molar-refractivity contribution is 0.202. The first-order valence-electron chi connectivity index (χ1n) is 11.1. The summed E-state index contributed by atoms with van der Waals surface area (Å²) in [6, 6.07) is 7.06. The first-order valence-corrected chi connectivity index (χ1v) is 11.1.